The van der Waals surface area contributed by atoms with Crippen LogP contribution < -0.4 is 11.5 Å². The number of rotatable bonds is 2. The van der Waals surface area contributed by atoms with Crippen LogP contribution in [0.2, 0.25) is 0 Å². The fraction of sp³-hybridized carbons (Fsp3) is 0.522. The van der Waals surface area contributed by atoms with Gasteiger partial charge in [0.2, 0.25) is 5.91 Å². The normalized spacial score (nSPS) is 38.1. The lowest BCUT2D eigenvalue weighted by molar-refractivity contribution is -0.203. The van der Waals surface area contributed by atoms with Gasteiger partial charge in [-0.15, -0.1) is 0 Å². The molecule has 3 aliphatic carbocycles. The minimum Gasteiger partial charge on any atom is -0.505 e. The third-order valence-electron chi connectivity index (χ3n) is 7.89. The zero-order chi connectivity index (χ0) is 24.8. The smallest absolute Gasteiger partial charge is 0.235 e. The molecular weight excluding hydrogens is 430 g/mol. The molecule has 1 amide bonds. The van der Waals surface area contributed by atoms with Gasteiger partial charge in [0.25, 0.3) is 0 Å². The van der Waals surface area contributed by atoms with E-state index in [1.807, 2.05) is 0 Å². The molecule has 176 valence electrons. The van der Waals surface area contributed by atoms with E-state index in [0.717, 1.165) is 0 Å². The van der Waals surface area contributed by atoms with Gasteiger partial charge in [0.1, 0.15) is 5.75 Å². The summed E-state index contributed by atoms with van der Waals surface area (Å²) in [4.78, 5) is 67.6. The van der Waals surface area contributed by atoms with Gasteiger partial charge in [-0.25, -0.2) is 0 Å². The molecule has 3 aliphatic rings. The highest BCUT2D eigenvalue weighted by Crippen LogP contribution is 2.61. The molecule has 2 fully saturated rings. The van der Waals surface area contributed by atoms with E-state index in [1.165, 1.54) is 17.9 Å². The Labute approximate surface area is 189 Å². The number of ketones is 4. The number of hydrogen-bond acceptors (Lipinski definition) is 9. The monoisotopic (exact) mass is 457 g/mol. The van der Waals surface area contributed by atoms with Crippen LogP contribution in [-0.2, 0) is 25.6 Å². The van der Waals surface area contributed by atoms with E-state index in [4.69, 9.17) is 11.5 Å². The van der Waals surface area contributed by atoms with E-state index in [2.05, 4.69) is 0 Å². The highest BCUT2D eigenvalue weighted by atomic mass is 16.3. The van der Waals surface area contributed by atoms with Crippen molar-refractivity contribution in [2.24, 2.45) is 28.4 Å². The first-order chi connectivity index (χ1) is 15.1. The standard InChI is InChI=1S/C23H27N3O7/c1-21-7-9-5-6-10(24)14(27)11(9)15(28)13(21)19(31)23(33)18(30)12(20(25)32)16(29)17(26(3)4)22(23,2)8-21/h5-6,12-13,17,27,33H,7-8,24H2,1-4H3,(H2,25,32)/t12?,13?,17-,21+,22+,23-/m1/s1. The van der Waals surface area contributed by atoms with E-state index in [9.17, 15) is 34.2 Å². The van der Waals surface area contributed by atoms with Gasteiger partial charge in [-0.2, -0.15) is 0 Å². The molecule has 1 aromatic carbocycles. The highest BCUT2D eigenvalue weighted by Gasteiger charge is 2.76. The first kappa shape index (κ1) is 23.1. The molecule has 0 bridgehead atoms. The highest BCUT2D eigenvalue weighted by molar-refractivity contribution is 6.33. The van der Waals surface area contributed by atoms with Crippen molar-refractivity contribution in [1.29, 1.82) is 0 Å². The zero-order valence-electron chi connectivity index (χ0n) is 18.8. The van der Waals surface area contributed by atoms with Crippen LogP contribution in [0.1, 0.15) is 36.2 Å². The molecular formula is C23H27N3O7. The number of hydrogen-bond donors (Lipinski definition) is 4. The summed E-state index contributed by atoms with van der Waals surface area (Å²) in [5.41, 5.74) is 5.90. The van der Waals surface area contributed by atoms with Crippen molar-refractivity contribution in [3.05, 3.63) is 23.3 Å². The maximum Gasteiger partial charge on any atom is 0.235 e. The van der Waals surface area contributed by atoms with Gasteiger partial charge in [-0.3, -0.25) is 28.9 Å². The molecule has 6 atom stereocenters. The minimum absolute atomic E-state index is 0.0432. The molecule has 10 heteroatoms. The van der Waals surface area contributed by atoms with Crippen LogP contribution in [0, 0.1) is 22.7 Å². The summed E-state index contributed by atoms with van der Waals surface area (Å²) < 4.78 is 0. The van der Waals surface area contributed by atoms with Crippen LogP contribution >= 0.6 is 0 Å². The van der Waals surface area contributed by atoms with Crippen LogP contribution in [0.4, 0.5) is 5.69 Å². The Hall–Kier alpha value is -3.11. The maximum absolute atomic E-state index is 13.9. The SMILES string of the molecule is CN(C)[C@@H]1C(=O)C(C(N)=O)C(=O)[C@@]2(O)C(=O)C3C(=O)c4c(ccc(N)c4O)C[C@@]3(C)C[C@@]12C. The van der Waals surface area contributed by atoms with Crippen molar-refractivity contribution < 1.29 is 34.2 Å². The first-order valence-electron chi connectivity index (χ1n) is 10.6. The van der Waals surface area contributed by atoms with E-state index >= 15 is 0 Å². The van der Waals surface area contributed by atoms with Gasteiger partial charge < -0.3 is 21.7 Å². The van der Waals surface area contributed by atoms with Crippen molar-refractivity contribution >= 4 is 34.7 Å². The van der Waals surface area contributed by atoms with Gasteiger partial charge >= 0.3 is 0 Å². The quantitative estimate of drug-likeness (QED) is 0.252. The number of nitrogens with zero attached hydrogens (tertiary/aromatic N) is 1. The van der Waals surface area contributed by atoms with Gasteiger partial charge in [0, 0.05) is 5.41 Å². The molecule has 0 saturated heterocycles. The Morgan fingerprint density at radius 3 is 2.27 bits per heavy atom. The van der Waals surface area contributed by atoms with Gasteiger partial charge in [-0.05, 0) is 44.0 Å². The third kappa shape index (κ3) is 2.59. The van der Waals surface area contributed by atoms with Crippen LogP contribution in [0.15, 0.2) is 12.1 Å². The van der Waals surface area contributed by atoms with E-state index in [0.29, 0.717) is 5.56 Å². The topological polar surface area (TPSA) is 181 Å². The van der Waals surface area contributed by atoms with Gasteiger partial charge in [0.05, 0.1) is 23.2 Å². The number of aliphatic hydroxyl groups is 1. The van der Waals surface area contributed by atoms with Crippen LogP contribution in [0.5, 0.6) is 5.75 Å². The summed E-state index contributed by atoms with van der Waals surface area (Å²) in [6.07, 6.45) is 0.126. The van der Waals surface area contributed by atoms with Crippen molar-refractivity contribution in [2.75, 3.05) is 19.8 Å². The molecule has 4 rings (SSSR count). The predicted octanol–water partition coefficient (Wildman–Crippen LogP) is -0.771. The molecule has 0 spiro atoms. The molecule has 2 saturated carbocycles. The number of benzene rings is 1. The average molecular weight is 457 g/mol. The largest absolute Gasteiger partial charge is 0.505 e. The van der Waals surface area contributed by atoms with Crippen LogP contribution in [-0.4, -0.2) is 69.9 Å². The number of phenolic OH excluding ortho intramolecular Hbond substituents is 1. The fourth-order valence-corrected chi connectivity index (χ4v) is 6.73. The second-order valence-corrected chi connectivity index (χ2v) is 10.3. The molecule has 6 N–H and O–H groups in total. The van der Waals surface area contributed by atoms with E-state index in [1.54, 1.807) is 27.1 Å². The summed E-state index contributed by atoms with van der Waals surface area (Å²) in [6, 6.07) is 1.87. The number of likely N-dealkylation sites (N-methyl/N-ethyl adjacent to an activating group) is 1. The molecule has 1 aromatic rings. The number of anilines is 1. The number of nitrogens with two attached hydrogens (primary N) is 2. The fourth-order valence-electron chi connectivity index (χ4n) is 6.73. The van der Waals surface area contributed by atoms with Crippen molar-refractivity contribution in [1.82, 2.24) is 4.90 Å². The Bertz CT molecular complexity index is 1160. The lowest BCUT2D eigenvalue weighted by Crippen LogP contribution is -2.79. The number of carbonyl (C=O) groups is 5. The molecule has 10 nitrogen and oxygen atoms in total. The van der Waals surface area contributed by atoms with Crippen molar-refractivity contribution in [3.8, 4) is 5.75 Å². The summed E-state index contributed by atoms with van der Waals surface area (Å²) in [6.45, 7) is 3.15. The maximum atomic E-state index is 13.9. The van der Waals surface area contributed by atoms with Gasteiger partial charge in [-0.1, -0.05) is 19.9 Å². The average Bonchev–Trinajstić information content (AvgIpc) is 2.67. The second kappa shape index (κ2) is 6.71. The first-order valence-corrected chi connectivity index (χ1v) is 10.6. The van der Waals surface area contributed by atoms with Crippen molar-refractivity contribution in [3.63, 3.8) is 0 Å². The number of amides is 1. The molecule has 0 heterocycles. The van der Waals surface area contributed by atoms with Crippen LogP contribution in [0.3, 0.4) is 0 Å². The lowest BCUT2D eigenvalue weighted by Gasteiger charge is -2.61. The summed E-state index contributed by atoms with van der Waals surface area (Å²) in [5.74, 6) is -9.16. The Morgan fingerprint density at radius 2 is 1.73 bits per heavy atom. The minimum atomic E-state index is -2.80. The van der Waals surface area contributed by atoms with E-state index < -0.39 is 69.1 Å². The molecule has 33 heavy (non-hydrogen) atoms. The van der Waals surface area contributed by atoms with Crippen LogP contribution in [0.25, 0.3) is 0 Å². The number of aromatic hydroxyl groups is 1. The van der Waals surface area contributed by atoms with E-state index in [-0.39, 0.29) is 24.1 Å². The number of primary amides is 1. The summed E-state index contributed by atoms with van der Waals surface area (Å²) >= 11 is 0. The Kier molecular flexibility index (Phi) is 4.69. The number of phenols is 1. The third-order valence-corrected chi connectivity index (χ3v) is 7.89. The molecule has 0 radical (unpaired) electrons. The van der Waals surface area contributed by atoms with Gasteiger partial charge in [0.15, 0.2) is 34.7 Å². The number of carbonyl (C=O) groups excluding carboxylic acids is 5. The zero-order valence-corrected chi connectivity index (χ0v) is 18.8. The number of fused-ring (bicyclic) bond motifs is 3. The second-order valence-electron chi connectivity index (χ2n) is 10.3. The summed E-state index contributed by atoms with van der Waals surface area (Å²) in [7, 11) is 3.09. The molecule has 0 aromatic heterocycles. The Morgan fingerprint density at radius 1 is 1.12 bits per heavy atom. The number of nitrogen functional groups attached to an aromatic ring is 1. The molecule has 2 unspecified atom stereocenters. The summed E-state index contributed by atoms with van der Waals surface area (Å²) in [5, 5.41) is 22.2. The molecule has 0 aliphatic heterocycles. The predicted molar refractivity (Wildman–Crippen MR) is 115 cm³/mol. The Balaban J connectivity index is 1.98. The van der Waals surface area contributed by atoms with Crippen molar-refractivity contribution in [2.45, 2.75) is 38.3 Å². The number of Topliss-reactive ketones (excluding diaryl/α,β-unsaturated/α-hetero) is 4. The lowest BCUT2D eigenvalue weighted by atomic mass is 9.42.